The lowest BCUT2D eigenvalue weighted by molar-refractivity contribution is 0.268. The van der Waals surface area contributed by atoms with E-state index in [-0.39, 0.29) is 35.8 Å². The largest absolute Gasteiger partial charge is 0.496 e. The SMILES string of the molecule is [2H]C([2H])([2H])Oc1ccc(S(F)(F)(F)(F)F)cc1CC[C@H]1CCCN[C@H]1c1ccccc1. The van der Waals surface area contributed by atoms with Gasteiger partial charge in [-0.25, -0.2) is 0 Å². The molecule has 2 aromatic rings. The van der Waals surface area contributed by atoms with Gasteiger partial charge in [-0.2, -0.15) is 0 Å². The minimum atomic E-state index is -9.91. The molecule has 1 saturated heterocycles. The van der Waals surface area contributed by atoms with Gasteiger partial charge >= 0.3 is 10.2 Å². The molecule has 0 saturated carbocycles. The lowest BCUT2D eigenvalue weighted by Crippen LogP contribution is -2.34. The van der Waals surface area contributed by atoms with Crippen LogP contribution in [0.1, 0.15) is 40.5 Å². The standard InChI is InChI=1S/C20H24F5NOS/c1-27-19-12-11-18(28(21,22,23,24)25)14-17(19)10-9-16-8-5-13-26-20(16)15-6-3-2-4-7-15/h2-4,6-7,11-12,14,16,20,26H,5,8-10,13H2,1H3/t16-,20+/m1/s1/i1D3. The summed E-state index contributed by atoms with van der Waals surface area (Å²) in [6, 6.07) is 10.7. The summed E-state index contributed by atoms with van der Waals surface area (Å²) < 4.78 is 93.1. The molecule has 1 N–H and O–H groups in total. The lowest BCUT2D eigenvalue weighted by atomic mass is 9.82. The van der Waals surface area contributed by atoms with Crippen LogP contribution in [-0.4, -0.2) is 13.6 Å². The number of hydrogen-bond donors (Lipinski definition) is 1. The number of rotatable bonds is 6. The van der Waals surface area contributed by atoms with E-state index in [1.54, 1.807) is 0 Å². The molecule has 2 aromatic carbocycles. The van der Waals surface area contributed by atoms with Gasteiger partial charge in [-0.1, -0.05) is 49.8 Å². The van der Waals surface area contributed by atoms with Gasteiger partial charge in [-0.15, -0.1) is 0 Å². The first-order valence-corrected chi connectivity index (χ1v) is 10.9. The van der Waals surface area contributed by atoms with Crippen LogP contribution in [0.15, 0.2) is 53.4 Å². The predicted molar refractivity (Wildman–Crippen MR) is 103 cm³/mol. The van der Waals surface area contributed by atoms with Gasteiger partial charge in [0.15, 0.2) is 0 Å². The van der Waals surface area contributed by atoms with E-state index in [1.165, 1.54) is 0 Å². The molecule has 1 aliphatic heterocycles. The molecule has 1 heterocycles. The van der Waals surface area contributed by atoms with Crippen molar-refractivity contribution in [3.63, 3.8) is 0 Å². The quantitative estimate of drug-likeness (QED) is 0.503. The highest BCUT2D eigenvalue weighted by molar-refractivity contribution is 8.45. The third-order valence-corrected chi connectivity index (χ3v) is 6.26. The molecule has 0 amide bonds. The smallest absolute Gasteiger partial charge is 0.310 e. The summed E-state index contributed by atoms with van der Waals surface area (Å²) in [5.74, 6) is -0.300. The predicted octanol–water partition coefficient (Wildman–Crippen LogP) is 7.03. The van der Waals surface area contributed by atoms with Crippen molar-refractivity contribution >= 4 is 10.2 Å². The summed E-state index contributed by atoms with van der Waals surface area (Å²) in [6.07, 6.45) is 2.04. The fourth-order valence-corrected chi connectivity index (χ4v) is 4.44. The van der Waals surface area contributed by atoms with E-state index in [2.05, 4.69) is 5.32 Å². The Morgan fingerprint density at radius 1 is 1.11 bits per heavy atom. The zero-order chi connectivity index (χ0) is 23.0. The fraction of sp³-hybridized carbons (Fsp3) is 0.400. The monoisotopic (exact) mass is 424 g/mol. The van der Waals surface area contributed by atoms with Crippen molar-refractivity contribution in [3.05, 3.63) is 59.7 Å². The minimum Gasteiger partial charge on any atom is -0.496 e. The van der Waals surface area contributed by atoms with Gasteiger partial charge < -0.3 is 10.1 Å². The molecule has 0 aliphatic carbocycles. The third-order valence-electron chi connectivity index (χ3n) is 5.12. The molecule has 2 nitrogen and oxygen atoms in total. The summed E-state index contributed by atoms with van der Waals surface area (Å²) in [5, 5.41) is 3.41. The topological polar surface area (TPSA) is 21.3 Å². The van der Waals surface area contributed by atoms with Crippen molar-refractivity contribution in [2.45, 2.75) is 36.6 Å². The zero-order valence-electron chi connectivity index (χ0n) is 18.0. The van der Waals surface area contributed by atoms with Gasteiger partial charge in [0.1, 0.15) is 10.6 Å². The van der Waals surface area contributed by atoms with Gasteiger partial charge in [0.05, 0.1) is 11.2 Å². The maximum atomic E-state index is 13.3. The summed E-state index contributed by atoms with van der Waals surface area (Å²) in [4.78, 5) is -2.05. The number of ether oxygens (including phenoxy) is 1. The molecule has 3 rings (SSSR count). The van der Waals surface area contributed by atoms with Gasteiger partial charge in [-0.3, -0.25) is 0 Å². The first-order chi connectivity index (χ1) is 14.1. The van der Waals surface area contributed by atoms with Crippen molar-refractivity contribution < 1.29 is 28.3 Å². The molecule has 28 heavy (non-hydrogen) atoms. The molecular weight excluding hydrogens is 397 g/mol. The maximum Gasteiger partial charge on any atom is 0.310 e. The van der Waals surface area contributed by atoms with E-state index < -0.39 is 22.2 Å². The molecule has 8 heteroatoms. The number of nitrogens with one attached hydrogen (secondary N) is 1. The van der Waals surface area contributed by atoms with Crippen LogP contribution in [0.5, 0.6) is 5.75 Å². The Morgan fingerprint density at radius 3 is 2.54 bits per heavy atom. The van der Waals surface area contributed by atoms with Gasteiger partial charge in [0, 0.05) is 6.04 Å². The Labute approximate surface area is 166 Å². The van der Waals surface area contributed by atoms with Crippen molar-refractivity contribution in [1.82, 2.24) is 5.32 Å². The fourth-order valence-electron chi connectivity index (χ4n) is 3.75. The lowest BCUT2D eigenvalue weighted by Gasteiger charge is -2.40. The van der Waals surface area contributed by atoms with Crippen molar-refractivity contribution in [2.75, 3.05) is 13.6 Å². The highest BCUT2D eigenvalue weighted by Crippen LogP contribution is 3.02. The van der Waals surface area contributed by atoms with Gasteiger partial charge in [0.2, 0.25) is 0 Å². The van der Waals surface area contributed by atoms with Crippen LogP contribution in [0.3, 0.4) is 0 Å². The Bertz CT molecular complexity index is 923. The first-order valence-electron chi connectivity index (χ1n) is 10.5. The number of benzene rings is 2. The van der Waals surface area contributed by atoms with E-state index >= 15 is 0 Å². The Balaban J connectivity index is 1.89. The van der Waals surface area contributed by atoms with E-state index in [4.69, 9.17) is 8.85 Å². The van der Waals surface area contributed by atoms with Crippen molar-refractivity contribution in [3.8, 4) is 5.75 Å². The van der Waals surface area contributed by atoms with Gasteiger partial charge in [0.25, 0.3) is 0 Å². The number of methoxy groups -OCH3 is 1. The molecule has 1 fully saturated rings. The summed E-state index contributed by atoms with van der Waals surface area (Å²) >= 11 is 0. The highest BCUT2D eigenvalue weighted by atomic mass is 32.5. The zero-order valence-corrected chi connectivity index (χ0v) is 15.8. The number of hydrogen-bond acceptors (Lipinski definition) is 2. The minimum absolute atomic E-state index is 0.0250. The Kier molecular flexibility index (Phi) is 4.22. The molecule has 1 aliphatic rings. The highest BCUT2D eigenvalue weighted by Gasteiger charge is 2.65. The van der Waals surface area contributed by atoms with E-state index in [1.807, 2.05) is 30.3 Å². The molecule has 0 unspecified atom stereocenters. The molecule has 0 aromatic heterocycles. The molecule has 2 atom stereocenters. The first kappa shape index (κ1) is 17.1. The number of aryl methyl sites for hydroxylation is 1. The summed E-state index contributed by atoms with van der Waals surface area (Å²) in [5.41, 5.74) is 0.839. The second-order valence-corrected chi connectivity index (χ2v) is 9.53. The summed E-state index contributed by atoms with van der Waals surface area (Å²) in [7, 11) is -12.8. The van der Waals surface area contributed by atoms with Crippen LogP contribution in [0.4, 0.5) is 19.4 Å². The summed E-state index contributed by atoms with van der Waals surface area (Å²) in [6.45, 7) is 0.795. The number of piperidine rings is 1. The average molecular weight is 424 g/mol. The van der Waals surface area contributed by atoms with Crippen molar-refractivity contribution in [1.29, 1.82) is 0 Å². The average Bonchev–Trinajstić information content (AvgIpc) is 2.65. The molecule has 0 spiro atoms. The van der Waals surface area contributed by atoms with Gasteiger partial charge in [-0.05, 0) is 67.5 Å². The molecule has 0 radical (unpaired) electrons. The van der Waals surface area contributed by atoms with Crippen LogP contribution < -0.4 is 10.1 Å². The molecule has 156 valence electrons. The van der Waals surface area contributed by atoms with Crippen LogP contribution in [-0.2, 0) is 6.42 Å². The maximum absolute atomic E-state index is 13.3. The van der Waals surface area contributed by atoms with Crippen LogP contribution in [0.2, 0.25) is 0 Å². The molecule has 0 bridgehead atoms. The second-order valence-electron chi connectivity index (χ2n) is 7.12. The second kappa shape index (κ2) is 6.91. The Hall–Kier alpha value is -1.80. The van der Waals surface area contributed by atoms with E-state index in [0.717, 1.165) is 24.9 Å². The molecular formula is C20H24F5NOS. The third kappa shape index (κ3) is 4.97. The Morgan fingerprint density at radius 2 is 1.86 bits per heavy atom. The van der Waals surface area contributed by atoms with Crippen LogP contribution >= 0.6 is 10.2 Å². The normalized spacial score (nSPS) is 25.0. The van der Waals surface area contributed by atoms with Crippen LogP contribution in [0, 0.1) is 5.92 Å². The van der Waals surface area contributed by atoms with E-state index in [9.17, 15) is 19.4 Å². The van der Waals surface area contributed by atoms with E-state index in [0.29, 0.717) is 18.6 Å². The van der Waals surface area contributed by atoms with Crippen LogP contribution in [0.25, 0.3) is 0 Å². The van der Waals surface area contributed by atoms with Crippen molar-refractivity contribution in [2.24, 2.45) is 5.92 Å². The number of halogens is 5.